The molecule has 7 heteroatoms. The van der Waals surface area contributed by atoms with Crippen LogP contribution >= 0.6 is 11.8 Å². The van der Waals surface area contributed by atoms with Crippen LogP contribution in [0.25, 0.3) is 5.69 Å². The molecule has 1 aliphatic rings. The topological polar surface area (TPSA) is 84.2 Å². The predicted octanol–water partition coefficient (Wildman–Crippen LogP) is 3.65. The first-order chi connectivity index (χ1) is 11.9. The van der Waals surface area contributed by atoms with Crippen molar-refractivity contribution in [1.82, 2.24) is 9.78 Å². The lowest BCUT2D eigenvalue weighted by Gasteiger charge is -2.16. The molecule has 2 heterocycles. The van der Waals surface area contributed by atoms with Crippen molar-refractivity contribution >= 4 is 29.5 Å². The summed E-state index contributed by atoms with van der Waals surface area (Å²) in [5, 5.41) is 16.8. The molecule has 1 aliphatic heterocycles. The maximum atomic E-state index is 12.2. The number of carbonyl (C=O) groups excluding carboxylic acids is 1. The first-order valence-electron chi connectivity index (χ1n) is 8.21. The Balaban J connectivity index is 2.07. The molecule has 2 aromatic rings. The van der Waals surface area contributed by atoms with Crippen LogP contribution in [-0.2, 0) is 4.79 Å². The summed E-state index contributed by atoms with van der Waals surface area (Å²) < 4.78 is 1.70. The number of aryl methyl sites for hydroxylation is 1. The molecular weight excluding hydrogens is 338 g/mol. The van der Waals surface area contributed by atoms with Crippen LogP contribution in [-0.4, -0.2) is 32.5 Å². The van der Waals surface area contributed by atoms with E-state index in [4.69, 9.17) is 5.11 Å². The fraction of sp³-hybridized carbons (Fsp3) is 0.389. The minimum absolute atomic E-state index is 0.0409. The van der Waals surface area contributed by atoms with E-state index in [0.29, 0.717) is 17.5 Å². The minimum atomic E-state index is -0.969. The van der Waals surface area contributed by atoms with Crippen molar-refractivity contribution in [1.29, 1.82) is 0 Å². The van der Waals surface area contributed by atoms with E-state index in [0.717, 1.165) is 23.4 Å². The van der Waals surface area contributed by atoms with E-state index in [2.05, 4.69) is 24.3 Å². The third-order valence-electron chi connectivity index (χ3n) is 4.15. The number of thioether (sulfide) groups is 1. The molecule has 0 aliphatic carbocycles. The maximum absolute atomic E-state index is 12.2. The number of rotatable bonds is 4. The van der Waals surface area contributed by atoms with Gasteiger partial charge in [-0.15, -0.1) is 11.8 Å². The lowest BCUT2D eigenvalue weighted by atomic mass is 10.0. The van der Waals surface area contributed by atoms with Crippen LogP contribution in [0.3, 0.4) is 0 Å². The van der Waals surface area contributed by atoms with Gasteiger partial charge in [0.2, 0.25) is 5.91 Å². The van der Waals surface area contributed by atoms with Gasteiger partial charge in [-0.2, -0.15) is 5.10 Å². The second-order valence-electron chi connectivity index (χ2n) is 6.59. The molecule has 0 saturated heterocycles. The van der Waals surface area contributed by atoms with E-state index in [9.17, 15) is 9.59 Å². The predicted molar refractivity (Wildman–Crippen MR) is 98.5 cm³/mol. The highest BCUT2D eigenvalue weighted by Gasteiger charge is 2.29. The molecular formula is C18H21N3O3S. The Morgan fingerprint density at radius 2 is 2.08 bits per heavy atom. The summed E-state index contributed by atoms with van der Waals surface area (Å²) in [6.45, 7) is 6.29. The van der Waals surface area contributed by atoms with Gasteiger partial charge in [-0.25, -0.2) is 9.48 Å². The normalized spacial score (nSPS) is 17.1. The number of aromatic carboxylic acids is 1. The summed E-state index contributed by atoms with van der Waals surface area (Å²) in [5.41, 5.74) is 2.89. The first kappa shape index (κ1) is 17.5. The zero-order chi connectivity index (χ0) is 18.1. The van der Waals surface area contributed by atoms with Crippen LogP contribution in [0.1, 0.15) is 47.1 Å². The highest BCUT2D eigenvalue weighted by atomic mass is 32.2. The van der Waals surface area contributed by atoms with E-state index < -0.39 is 5.97 Å². The van der Waals surface area contributed by atoms with Crippen molar-refractivity contribution in [2.75, 3.05) is 11.1 Å². The van der Waals surface area contributed by atoms with E-state index in [-0.39, 0.29) is 16.7 Å². The minimum Gasteiger partial charge on any atom is -0.478 e. The molecule has 1 aromatic heterocycles. The van der Waals surface area contributed by atoms with Gasteiger partial charge in [-0.05, 0) is 43.5 Å². The highest BCUT2D eigenvalue weighted by Crippen LogP contribution is 2.43. The summed E-state index contributed by atoms with van der Waals surface area (Å²) in [6, 6.07) is 6.50. The standard InChI is InChI=1S/C18H21N3O3S/c1-10(2)8-14-16-11(3)20-21(17(16)19-15(22)9-25-14)13-6-4-12(5-7-13)18(23)24/h4-7,10,14H,8-9H2,1-3H3,(H,19,22)(H,23,24)/t14-/m0/s1. The molecule has 132 valence electrons. The van der Waals surface area contributed by atoms with Crippen molar-refractivity contribution in [3.8, 4) is 5.69 Å². The van der Waals surface area contributed by atoms with Crippen LogP contribution in [0.2, 0.25) is 0 Å². The lowest BCUT2D eigenvalue weighted by molar-refractivity contribution is -0.113. The Morgan fingerprint density at radius 3 is 2.68 bits per heavy atom. The number of benzene rings is 1. The molecule has 1 amide bonds. The Labute approximate surface area is 150 Å². The molecule has 0 unspecified atom stereocenters. The number of nitrogens with one attached hydrogen (secondary N) is 1. The van der Waals surface area contributed by atoms with Crippen molar-refractivity contribution in [3.05, 3.63) is 41.1 Å². The van der Waals surface area contributed by atoms with Gasteiger partial charge in [0.15, 0.2) is 0 Å². The molecule has 3 rings (SSSR count). The number of carboxylic acids is 1. The molecule has 1 atom stereocenters. The third kappa shape index (κ3) is 3.56. The second kappa shape index (κ2) is 6.92. The fourth-order valence-corrected chi connectivity index (χ4v) is 4.41. The van der Waals surface area contributed by atoms with Crippen molar-refractivity contribution in [3.63, 3.8) is 0 Å². The molecule has 0 radical (unpaired) electrons. The third-order valence-corrected chi connectivity index (χ3v) is 5.41. The number of aromatic nitrogens is 2. The number of carboxylic acid groups (broad SMARTS) is 1. The number of amides is 1. The van der Waals surface area contributed by atoms with E-state index >= 15 is 0 Å². The largest absolute Gasteiger partial charge is 0.478 e. The van der Waals surface area contributed by atoms with Gasteiger partial charge in [0, 0.05) is 10.8 Å². The van der Waals surface area contributed by atoms with Gasteiger partial charge in [0.1, 0.15) is 5.82 Å². The van der Waals surface area contributed by atoms with Crippen molar-refractivity contribution in [2.45, 2.75) is 32.4 Å². The second-order valence-corrected chi connectivity index (χ2v) is 7.78. The number of carbonyl (C=O) groups is 2. The Bertz CT molecular complexity index is 812. The zero-order valence-electron chi connectivity index (χ0n) is 14.4. The number of hydrogen-bond acceptors (Lipinski definition) is 4. The molecule has 2 N–H and O–H groups in total. The molecule has 0 spiro atoms. The average molecular weight is 359 g/mol. The van der Waals surface area contributed by atoms with Crippen LogP contribution in [0, 0.1) is 12.8 Å². The van der Waals surface area contributed by atoms with E-state index in [1.165, 1.54) is 0 Å². The van der Waals surface area contributed by atoms with Crippen LogP contribution < -0.4 is 5.32 Å². The summed E-state index contributed by atoms with van der Waals surface area (Å²) in [5.74, 6) is 0.616. The van der Waals surface area contributed by atoms with E-state index in [1.54, 1.807) is 40.7 Å². The molecule has 0 fully saturated rings. The smallest absolute Gasteiger partial charge is 0.335 e. The number of fused-ring (bicyclic) bond motifs is 1. The zero-order valence-corrected chi connectivity index (χ0v) is 15.3. The van der Waals surface area contributed by atoms with Gasteiger partial charge in [0.05, 0.1) is 22.7 Å². The number of hydrogen-bond donors (Lipinski definition) is 2. The van der Waals surface area contributed by atoms with Crippen molar-refractivity contribution in [2.24, 2.45) is 5.92 Å². The Hall–Kier alpha value is -2.28. The summed E-state index contributed by atoms with van der Waals surface area (Å²) in [6.07, 6.45) is 0.969. The SMILES string of the molecule is Cc1nn(-c2ccc(C(=O)O)cc2)c2c1[C@H](CC(C)C)SCC(=O)N2. The molecule has 25 heavy (non-hydrogen) atoms. The van der Waals surface area contributed by atoms with Gasteiger partial charge in [-0.3, -0.25) is 4.79 Å². The molecule has 1 aromatic carbocycles. The lowest BCUT2D eigenvalue weighted by Crippen LogP contribution is -2.15. The van der Waals surface area contributed by atoms with Crippen LogP contribution in [0.5, 0.6) is 0 Å². The van der Waals surface area contributed by atoms with Gasteiger partial charge in [-0.1, -0.05) is 13.8 Å². The number of nitrogens with zero attached hydrogens (tertiary/aromatic N) is 2. The van der Waals surface area contributed by atoms with Gasteiger partial charge >= 0.3 is 5.97 Å². The van der Waals surface area contributed by atoms with Crippen LogP contribution in [0.4, 0.5) is 5.82 Å². The number of anilines is 1. The molecule has 6 nitrogen and oxygen atoms in total. The fourth-order valence-electron chi connectivity index (χ4n) is 3.02. The summed E-state index contributed by atoms with van der Waals surface area (Å²) in [4.78, 5) is 23.2. The summed E-state index contributed by atoms with van der Waals surface area (Å²) in [7, 11) is 0. The molecule has 0 saturated carbocycles. The Kier molecular flexibility index (Phi) is 4.85. The first-order valence-corrected chi connectivity index (χ1v) is 9.26. The molecule has 0 bridgehead atoms. The maximum Gasteiger partial charge on any atom is 0.335 e. The summed E-state index contributed by atoms with van der Waals surface area (Å²) >= 11 is 1.65. The average Bonchev–Trinajstić information content (AvgIpc) is 2.77. The van der Waals surface area contributed by atoms with Gasteiger partial charge < -0.3 is 10.4 Å². The highest BCUT2D eigenvalue weighted by molar-refractivity contribution is 8.00. The quantitative estimate of drug-likeness (QED) is 0.870. The van der Waals surface area contributed by atoms with Gasteiger partial charge in [0.25, 0.3) is 0 Å². The van der Waals surface area contributed by atoms with Crippen molar-refractivity contribution < 1.29 is 14.7 Å². The van der Waals surface area contributed by atoms with Crippen LogP contribution in [0.15, 0.2) is 24.3 Å². The Morgan fingerprint density at radius 1 is 1.40 bits per heavy atom. The monoisotopic (exact) mass is 359 g/mol. The van der Waals surface area contributed by atoms with E-state index in [1.807, 2.05) is 6.92 Å².